The van der Waals surface area contributed by atoms with Gasteiger partial charge in [0.2, 0.25) is 5.91 Å². The van der Waals surface area contributed by atoms with Crippen LogP contribution in [0.25, 0.3) is 17.0 Å². The zero-order chi connectivity index (χ0) is 23.2. The van der Waals surface area contributed by atoms with Gasteiger partial charge in [0.1, 0.15) is 12.2 Å². The van der Waals surface area contributed by atoms with Gasteiger partial charge in [-0.2, -0.15) is 0 Å². The number of anilines is 1. The van der Waals surface area contributed by atoms with E-state index in [1.54, 1.807) is 16.8 Å². The smallest absolute Gasteiger partial charge is 0.281 e. The van der Waals surface area contributed by atoms with Crippen molar-refractivity contribution in [2.45, 2.75) is 33.7 Å². The van der Waals surface area contributed by atoms with Crippen LogP contribution >= 0.6 is 12.2 Å². The standard InChI is InChI=1S/C25H26N4O2S/c1-5-17-7-6-8-20-18(13-28(23(17)20)14-22(26)30)12-21-24(31)29(25(32)27(21)4)19-10-9-15(2)16(3)11-19/h6-13H,5,14H2,1-4H3,(H2,26,30)/b21-12-. The van der Waals surface area contributed by atoms with Crippen molar-refractivity contribution in [3.8, 4) is 0 Å². The van der Waals surface area contributed by atoms with Gasteiger partial charge in [-0.1, -0.05) is 31.2 Å². The minimum absolute atomic E-state index is 0.0770. The second-order valence-electron chi connectivity index (χ2n) is 8.13. The highest BCUT2D eigenvalue weighted by Gasteiger charge is 2.37. The van der Waals surface area contributed by atoms with Gasteiger partial charge in [-0.05, 0) is 67.4 Å². The molecule has 0 radical (unpaired) electrons. The van der Waals surface area contributed by atoms with Gasteiger partial charge in [-0.15, -0.1) is 0 Å². The van der Waals surface area contributed by atoms with Crippen LogP contribution in [-0.2, 0) is 22.6 Å². The zero-order valence-electron chi connectivity index (χ0n) is 18.7. The van der Waals surface area contributed by atoms with Crippen LogP contribution in [0.2, 0.25) is 0 Å². The molecule has 1 aromatic heterocycles. The number of carbonyl (C=O) groups excluding carboxylic acids is 2. The molecule has 7 heteroatoms. The average Bonchev–Trinajstić information content (AvgIpc) is 3.20. The summed E-state index contributed by atoms with van der Waals surface area (Å²) in [5.41, 5.74) is 11.9. The van der Waals surface area contributed by atoms with Crippen molar-refractivity contribution >= 4 is 51.8 Å². The number of hydrogen-bond acceptors (Lipinski definition) is 3. The van der Waals surface area contributed by atoms with Crippen molar-refractivity contribution < 1.29 is 9.59 Å². The fourth-order valence-corrected chi connectivity index (χ4v) is 4.44. The van der Waals surface area contributed by atoms with Crippen LogP contribution in [-0.4, -0.2) is 33.4 Å². The number of para-hydroxylation sites is 1. The number of benzene rings is 2. The van der Waals surface area contributed by atoms with E-state index in [0.29, 0.717) is 10.8 Å². The van der Waals surface area contributed by atoms with Crippen molar-refractivity contribution in [3.63, 3.8) is 0 Å². The zero-order valence-corrected chi connectivity index (χ0v) is 19.5. The summed E-state index contributed by atoms with van der Waals surface area (Å²) in [6, 6.07) is 11.9. The van der Waals surface area contributed by atoms with E-state index in [0.717, 1.165) is 45.3 Å². The van der Waals surface area contributed by atoms with Gasteiger partial charge in [0.05, 0.1) is 11.2 Å². The van der Waals surface area contributed by atoms with Crippen molar-refractivity contribution in [2.24, 2.45) is 5.73 Å². The number of carbonyl (C=O) groups is 2. The highest BCUT2D eigenvalue weighted by molar-refractivity contribution is 7.80. The minimum Gasteiger partial charge on any atom is -0.368 e. The van der Waals surface area contributed by atoms with E-state index in [4.69, 9.17) is 18.0 Å². The Morgan fingerprint density at radius 3 is 2.56 bits per heavy atom. The predicted molar refractivity (Wildman–Crippen MR) is 132 cm³/mol. The highest BCUT2D eigenvalue weighted by atomic mass is 32.1. The summed E-state index contributed by atoms with van der Waals surface area (Å²) in [6.07, 6.45) is 4.54. The SMILES string of the molecule is CCc1cccc2c(/C=C3/C(=O)N(c4ccc(C)c(C)c4)C(=S)N3C)cn(CC(N)=O)c12. The van der Waals surface area contributed by atoms with Gasteiger partial charge >= 0.3 is 0 Å². The molecule has 0 unspecified atom stereocenters. The maximum absolute atomic E-state index is 13.4. The van der Waals surface area contributed by atoms with Crippen LogP contribution in [0.3, 0.4) is 0 Å². The molecule has 2 N–H and O–H groups in total. The quantitative estimate of drug-likeness (QED) is 0.477. The number of likely N-dealkylation sites (N-methyl/N-ethyl adjacent to an activating group) is 1. The molecule has 1 fully saturated rings. The van der Waals surface area contributed by atoms with Crippen LogP contribution in [0.15, 0.2) is 48.3 Å². The summed E-state index contributed by atoms with van der Waals surface area (Å²) in [4.78, 5) is 28.4. The molecule has 0 aliphatic carbocycles. The van der Waals surface area contributed by atoms with Crippen LogP contribution in [0.1, 0.15) is 29.2 Å². The van der Waals surface area contributed by atoms with E-state index in [-0.39, 0.29) is 12.5 Å². The van der Waals surface area contributed by atoms with Crippen LogP contribution in [0, 0.1) is 13.8 Å². The summed E-state index contributed by atoms with van der Waals surface area (Å²) in [5, 5.41) is 1.40. The van der Waals surface area contributed by atoms with Gasteiger partial charge in [-0.25, -0.2) is 0 Å². The number of thiocarbonyl (C=S) groups is 1. The lowest BCUT2D eigenvalue weighted by atomic mass is 10.1. The summed E-state index contributed by atoms with van der Waals surface area (Å²) >= 11 is 5.61. The minimum atomic E-state index is -0.414. The number of aryl methyl sites for hydroxylation is 3. The molecule has 0 atom stereocenters. The van der Waals surface area contributed by atoms with E-state index in [2.05, 4.69) is 6.92 Å². The van der Waals surface area contributed by atoms with Crippen LogP contribution < -0.4 is 10.6 Å². The molecule has 2 heterocycles. The Hall–Kier alpha value is -3.45. The van der Waals surface area contributed by atoms with Crippen molar-refractivity contribution in [1.29, 1.82) is 0 Å². The van der Waals surface area contributed by atoms with E-state index >= 15 is 0 Å². The largest absolute Gasteiger partial charge is 0.368 e. The van der Waals surface area contributed by atoms with E-state index in [9.17, 15) is 9.59 Å². The molecule has 32 heavy (non-hydrogen) atoms. The number of fused-ring (bicyclic) bond motifs is 1. The normalized spacial score (nSPS) is 15.4. The number of hydrogen-bond donors (Lipinski definition) is 1. The Labute approximate surface area is 192 Å². The summed E-state index contributed by atoms with van der Waals surface area (Å²) < 4.78 is 1.86. The molecule has 3 aromatic rings. The topological polar surface area (TPSA) is 71.6 Å². The molecule has 1 aliphatic rings. The number of rotatable bonds is 5. The lowest BCUT2D eigenvalue weighted by Crippen LogP contribution is -2.31. The fraction of sp³-hybridized carbons (Fsp3) is 0.240. The van der Waals surface area contributed by atoms with Crippen LogP contribution in [0.5, 0.6) is 0 Å². The molecular weight excluding hydrogens is 420 g/mol. The molecule has 1 saturated heterocycles. The van der Waals surface area contributed by atoms with Crippen molar-refractivity contribution in [3.05, 3.63) is 70.5 Å². The second kappa shape index (κ2) is 8.24. The van der Waals surface area contributed by atoms with Gasteiger partial charge in [0.25, 0.3) is 5.91 Å². The second-order valence-corrected chi connectivity index (χ2v) is 8.49. The summed E-state index contributed by atoms with van der Waals surface area (Å²) in [5.74, 6) is -0.591. The Morgan fingerprint density at radius 1 is 1.16 bits per heavy atom. The Balaban J connectivity index is 1.83. The molecule has 2 amide bonds. The molecular formula is C25H26N4O2S. The maximum Gasteiger partial charge on any atom is 0.281 e. The molecule has 1 aliphatic heterocycles. The molecule has 2 aromatic carbocycles. The van der Waals surface area contributed by atoms with Gasteiger partial charge in [-0.3, -0.25) is 14.5 Å². The first-order valence-electron chi connectivity index (χ1n) is 10.5. The Bertz CT molecular complexity index is 1300. The first-order chi connectivity index (χ1) is 15.2. The van der Waals surface area contributed by atoms with Crippen LogP contribution in [0.4, 0.5) is 5.69 Å². The van der Waals surface area contributed by atoms with E-state index in [1.165, 1.54) is 0 Å². The third-order valence-electron chi connectivity index (χ3n) is 6.02. The fourth-order valence-electron chi connectivity index (χ4n) is 4.15. The summed E-state index contributed by atoms with van der Waals surface area (Å²) in [6.45, 7) is 6.20. The predicted octanol–water partition coefficient (Wildman–Crippen LogP) is 3.91. The molecule has 0 spiro atoms. The monoisotopic (exact) mass is 446 g/mol. The molecule has 4 rings (SSSR count). The lowest BCUT2D eigenvalue weighted by Gasteiger charge is -2.17. The first-order valence-corrected chi connectivity index (χ1v) is 10.9. The first kappa shape index (κ1) is 21.8. The highest BCUT2D eigenvalue weighted by Crippen LogP contribution is 2.32. The van der Waals surface area contributed by atoms with E-state index < -0.39 is 5.91 Å². The van der Waals surface area contributed by atoms with Gasteiger partial charge in [0, 0.05) is 24.2 Å². The maximum atomic E-state index is 13.4. The Kier molecular flexibility index (Phi) is 5.60. The lowest BCUT2D eigenvalue weighted by molar-refractivity contribution is -0.118. The number of amides is 2. The van der Waals surface area contributed by atoms with E-state index in [1.807, 2.05) is 67.1 Å². The Morgan fingerprint density at radius 2 is 1.91 bits per heavy atom. The van der Waals surface area contributed by atoms with Crippen molar-refractivity contribution in [2.75, 3.05) is 11.9 Å². The number of nitrogens with two attached hydrogens (primary N) is 1. The third-order valence-corrected chi connectivity index (χ3v) is 6.48. The van der Waals surface area contributed by atoms with Gasteiger partial charge < -0.3 is 15.2 Å². The molecule has 164 valence electrons. The number of primary amides is 1. The average molecular weight is 447 g/mol. The van der Waals surface area contributed by atoms with Gasteiger partial charge in [0.15, 0.2) is 5.11 Å². The summed E-state index contributed by atoms with van der Waals surface area (Å²) in [7, 11) is 1.80. The molecule has 0 bridgehead atoms. The van der Waals surface area contributed by atoms with Crippen molar-refractivity contribution in [1.82, 2.24) is 9.47 Å². The molecule has 0 saturated carbocycles. The third kappa shape index (κ3) is 3.58. The molecule has 6 nitrogen and oxygen atoms in total. The number of nitrogens with zero attached hydrogens (tertiary/aromatic N) is 3. The number of aromatic nitrogens is 1.